The second kappa shape index (κ2) is 4.80. The van der Waals surface area contributed by atoms with Gasteiger partial charge >= 0.3 is 0 Å². The standard InChI is InChI=1S/C15H17N3O/c1-18-7-6-11(10-18)9-16-15(19)14-8-12-4-2-3-5-13(12)17-14/h2-7,10,14,17H,8-9H2,1H3,(H,16,19)/t14-/m0/s1. The SMILES string of the molecule is Cn1ccc(CNC(=O)[C@@H]2Cc3ccccc3N2)c1. The van der Waals surface area contributed by atoms with Gasteiger partial charge in [-0.2, -0.15) is 0 Å². The Labute approximate surface area is 112 Å². The van der Waals surface area contributed by atoms with Crippen LogP contribution in [0.25, 0.3) is 0 Å². The number of rotatable bonds is 3. The maximum atomic E-state index is 12.1. The van der Waals surface area contributed by atoms with E-state index in [1.54, 1.807) is 0 Å². The van der Waals surface area contributed by atoms with Crippen LogP contribution < -0.4 is 10.6 Å². The molecule has 2 aromatic rings. The van der Waals surface area contributed by atoms with E-state index in [1.807, 2.05) is 48.3 Å². The molecular formula is C15H17N3O. The van der Waals surface area contributed by atoms with Crippen molar-refractivity contribution in [2.75, 3.05) is 5.32 Å². The molecule has 1 aliphatic rings. The van der Waals surface area contributed by atoms with Crippen molar-refractivity contribution in [3.63, 3.8) is 0 Å². The van der Waals surface area contributed by atoms with Crippen molar-refractivity contribution in [1.29, 1.82) is 0 Å². The maximum absolute atomic E-state index is 12.1. The van der Waals surface area contributed by atoms with Crippen LogP contribution in [0, 0.1) is 0 Å². The third-order valence-corrected chi connectivity index (χ3v) is 3.45. The first-order valence-electron chi connectivity index (χ1n) is 6.45. The number of carbonyl (C=O) groups excluding carboxylic acids is 1. The van der Waals surface area contributed by atoms with Gasteiger partial charge in [-0.05, 0) is 23.3 Å². The van der Waals surface area contributed by atoms with E-state index in [-0.39, 0.29) is 11.9 Å². The first-order chi connectivity index (χ1) is 9.22. The largest absolute Gasteiger partial charge is 0.373 e. The fourth-order valence-corrected chi connectivity index (χ4v) is 2.43. The smallest absolute Gasteiger partial charge is 0.243 e. The number of amides is 1. The van der Waals surface area contributed by atoms with Crippen LogP contribution in [-0.2, 0) is 24.8 Å². The summed E-state index contributed by atoms with van der Waals surface area (Å²) >= 11 is 0. The molecule has 98 valence electrons. The molecule has 19 heavy (non-hydrogen) atoms. The Morgan fingerprint density at radius 2 is 2.26 bits per heavy atom. The average molecular weight is 255 g/mol. The number of carbonyl (C=O) groups is 1. The molecule has 4 nitrogen and oxygen atoms in total. The number of para-hydroxylation sites is 1. The lowest BCUT2D eigenvalue weighted by molar-refractivity contribution is -0.121. The summed E-state index contributed by atoms with van der Waals surface area (Å²) in [6.45, 7) is 0.578. The van der Waals surface area contributed by atoms with E-state index in [9.17, 15) is 4.79 Å². The van der Waals surface area contributed by atoms with Crippen molar-refractivity contribution in [3.8, 4) is 0 Å². The number of anilines is 1. The van der Waals surface area contributed by atoms with Gasteiger partial charge in [-0.1, -0.05) is 18.2 Å². The molecule has 1 amide bonds. The van der Waals surface area contributed by atoms with Crippen molar-refractivity contribution >= 4 is 11.6 Å². The van der Waals surface area contributed by atoms with Gasteiger partial charge < -0.3 is 15.2 Å². The van der Waals surface area contributed by atoms with Gasteiger partial charge in [0, 0.05) is 38.1 Å². The first kappa shape index (κ1) is 11.8. The highest BCUT2D eigenvalue weighted by Gasteiger charge is 2.25. The quantitative estimate of drug-likeness (QED) is 0.876. The van der Waals surface area contributed by atoms with Crippen LogP contribution in [0.1, 0.15) is 11.1 Å². The van der Waals surface area contributed by atoms with Crippen molar-refractivity contribution in [2.45, 2.75) is 19.0 Å². The number of nitrogens with one attached hydrogen (secondary N) is 2. The number of nitrogens with zero attached hydrogens (tertiary/aromatic N) is 1. The van der Waals surface area contributed by atoms with Crippen molar-refractivity contribution in [1.82, 2.24) is 9.88 Å². The summed E-state index contributed by atoms with van der Waals surface area (Å²) in [5, 5.41) is 6.23. The number of aryl methyl sites for hydroxylation is 1. The van der Waals surface area contributed by atoms with E-state index in [2.05, 4.69) is 16.7 Å². The van der Waals surface area contributed by atoms with E-state index < -0.39 is 0 Å². The van der Waals surface area contributed by atoms with Crippen molar-refractivity contribution in [3.05, 3.63) is 53.9 Å². The fourth-order valence-electron chi connectivity index (χ4n) is 2.43. The third kappa shape index (κ3) is 2.47. The van der Waals surface area contributed by atoms with E-state index in [0.717, 1.165) is 17.7 Å². The lowest BCUT2D eigenvalue weighted by atomic mass is 10.1. The Balaban J connectivity index is 1.58. The van der Waals surface area contributed by atoms with Gasteiger partial charge in [0.15, 0.2) is 0 Å². The Morgan fingerprint density at radius 1 is 1.42 bits per heavy atom. The van der Waals surface area contributed by atoms with Gasteiger partial charge in [-0.25, -0.2) is 0 Å². The molecule has 0 spiro atoms. The Bertz CT molecular complexity index is 578. The van der Waals surface area contributed by atoms with Gasteiger partial charge in [-0.3, -0.25) is 4.79 Å². The summed E-state index contributed by atoms with van der Waals surface area (Å²) in [7, 11) is 1.97. The fraction of sp³-hybridized carbons (Fsp3) is 0.267. The molecule has 1 atom stereocenters. The predicted molar refractivity (Wildman–Crippen MR) is 74.8 cm³/mol. The van der Waals surface area contributed by atoms with E-state index in [4.69, 9.17) is 0 Å². The molecule has 0 unspecified atom stereocenters. The summed E-state index contributed by atoms with van der Waals surface area (Å²) in [5.41, 5.74) is 3.40. The summed E-state index contributed by atoms with van der Waals surface area (Å²) in [6.07, 6.45) is 4.75. The molecule has 0 aliphatic carbocycles. The molecule has 2 heterocycles. The third-order valence-electron chi connectivity index (χ3n) is 3.45. The molecule has 1 aromatic heterocycles. The molecule has 0 fully saturated rings. The average Bonchev–Trinajstić information content (AvgIpc) is 3.01. The lowest BCUT2D eigenvalue weighted by Gasteiger charge is -2.11. The minimum absolute atomic E-state index is 0.0556. The van der Waals surface area contributed by atoms with Crippen LogP contribution in [-0.4, -0.2) is 16.5 Å². The van der Waals surface area contributed by atoms with E-state index in [0.29, 0.717) is 6.54 Å². The zero-order valence-corrected chi connectivity index (χ0v) is 10.9. The number of benzene rings is 1. The second-order valence-corrected chi connectivity index (χ2v) is 4.96. The van der Waals surface area contributed by atoms with E-state index >= 15 is 0 Å². The van der Waals surface area contributed by atoms with Gasteiger partial charge in [0.05, 0.1) is 0 Å². The summed E-state index contributed by atoms with van der Waals surface area (Å²) in [6, 6.07) is 9.92. The maximum Gasteiger partial charge on any atom is 0.243 e. The lowest BCUT2D eigenvalue weighted by Crippen LogP contribution is -2.37. The molecular weight excluding hydrogens is 238 g/mol. The number of hydrogen-bond donors (Lipinski definition) is 2. The molecule has 1 aromatic carbocycles. The number of fused-ring (bicyclic) bond motifs is 1. The minimum atomic E-state index is -0.152. The van der Waals surface area contributed by atoms with Gasteiger partial charge in [0.1, 0.15) is 6.04 Å². The highest BCUT2D eigenvalue weighted by atomic mass is 16.2. The molecule has 0 radical (unpaired) electrons. The van der Waals surface area contributed by atoms with Crippen LogP contribution in [0.5, 0.6) is 0 Å². The van der Waals surface area contributed by atoms with Gasteiger partial charge in [0.25, 0.3) is 0 Å². The van der Waals surface area contributed by atoms with E-state index in [1.165, 1.54) is 5.56 Å². The summed E-state index contributed by atoms with van der Waals surface area (Å²) < 4.78 is 1.98. The molecule has 4 heteroatoms. The molecule has 3 rings (SSSR count). The summed E-state index contributed by atoms with van der Waals surface area (Å²) in [5.74, 6) is 0.0556. The van der Waals surface area contributed by atoms with Gasteiger partial charge in [-0.15, -0.1) is 0 Å². The normalized spacial score (nSPS) is 16.8. The second-order valence-electron chi connectivity index (χ2n) is 4.96. The zero-order valence-electron chi connectivity index (χ0n) is 10.9. The summed E-state index contributed by atoms with van der Waals surface area (Å²) in [4.78, 5) is 12.1. The molecule has 0 bridgehead atoms. The highest BCUT2D eigenvalue weighted by Crippen LogP contribution is 2.25. The van der Waals surface area contributed by atoms with Gasteiger partial charge in [0.2, 0.25) is 5.91 Å². The topological polar surface area (TPSA) is 46.1 Å². The highest BCUT2D eigenvalue weighted by molar-refractivity contribution is 5.87. The number of hydrogen-bond acceptors (Lipinski definition) is 2. The molecule has 2 N–H and O–H groups in total. The minimum Gasteiger partial charge on any atom is -0.373 e. The van der Waals surface area contributed by atoms with Crippen LogP contribution in [0.4, 0.5) is 5.69 Å². The first-order valence-corrected chi connectivity index (χ1v) is 6.45. The molecule has 0 saturated heterocycles. The zero-order chi connectivity index (χ0) is 13.2. The molecule has 1 aliphatic heterocycles. The number of aromatic nitrogens is 1. The Kier molecular flexibility index (Phi) is 2.99. The molecule has 0 saturated carbocycles. The van der Waals surface area contributed by atoms with Crippen LogP contribution in [0.15, 0.2) is 42.7 Å². The predicted octanol–water partition coefficient (Wildman–Crippen LogP) is 1.68. The van der Waals surface area contributed by atoms with Crippen LogP contribution >= 0.6 is 0 Å². The van der Waals surface area contributed by atoms with Crippen LogP contribution in [0.2, 0.25) is 0 Å². The van der Waals surface area contributed by atoms with Crippen LogP contribution in [0.3, 0.4) is 0 Å². The Hall–Kier alpha value is -2.23. The van der Waals surface area contributed by atoms with Crippen molar-refractivity contribution in [2.24, 2.45) is 7.05 Å². The Morgan fingerprint density at radius 3 is 3.00 bits per heavy atom. The monoisotopic (exact) mass is 255 g/mol. The van der Waals surface area contributed by atoms with Crippen molar-refractivity contribution < 1.29 is 4.79 Å².